The van der Waals surface area contributed by atoms with Gasteiger partial charge in [-0.2, -0.15) is 4.98 Å². The fourth-order valence-electron chi connectivity index (χ4n) is 3.50. The molecule has 2 heterocycles. The number of aliphatic hydroxyl groups excluding tert-OH is 1. The summed E-state index contributed by atoms with van der Waals surface area (Å²) in [5.74, 6) is 1.74. The lowest BCUT2D eigenvalue weighted by Crippen LogP contribution is -2.20. The highest BCUT2D eigenvalue weighted by Gasteiger charge is 2.17. The Morgan fingerprint density at radius 3 is 2.79 bits per heavy atom. The molecule has 0 aliphatic heterocycles. The quantitative estimate of drug-likeness (QED) is 0.311. The van der Waals surface area contributed by atoms with E-state index in [1.54, 1.807) is 10.7 Å². The van der Waals surface area contributed by atoms with Crippen LogP contribution in [-0.4, -0.2) is 64.2 Å². The van der Waals surface area contributed by atoms with Crippen molar-refractivity contribution in [1.29, 1.82) is 0 Å². The molecule has 0 radical (unpaired) electrons. The van der Waals surface area contributed by atoms with Crippen LogP contribution in [0.25, 0.3) is 5.65 Å². The zero-order valence-electron chi connectivity index (χ0n) is 19.6. The molecule has 10 heteroatoms. The van der Waals surface area contributed by atoms with Crippen molar-refractivity contribution in [3.63, 3.8) is 0 Å². The smallest absolute Gasteiger partial charge is 0.336 e. The number of benzene rings is 1. The molecule has 0 bridgehead atoms. The van der Waals surface area contributed by atoms with Crippen LogP contribution in [0.2, 0.25) is 0 Å². The lowest BCUT2D eigenvalue weighted by molar-refractivity contribution is 0.133. The lowest BCUT2D eigenvalue weighted by Gasteiger charge is -2.16. The number of nitrogens with one attached hydrogen (secondary N) is 1. The first-order valence-electron chi connectivity index (χ1n) is 11.4. The molecule has 0 saturated carbocycles. The number of ether oxygens (including phenoxy) is 3. The standard InChI is InChI=1S/C23H34N6O4/c1-4-6-18(9-11-30)33-23-27-21(24)22-26-15-17(29(22)28-23)13-16-7-8-19(32-12-10-25-3)14-20(16)31-5-2/h7-8,14-15,18,25,30H,4-6,9-13H2,1-3H3,(H2,24,27,28)/t18-/m1/s1. The maximum Gasteiger partial charge on any atom is 0.336 e. The Kier molecular flexibility index (Phi) is 9.08. The molecule has 1 atom stereocenters. The van der Waals surface area contributed by atoms with Gasteiger partial charge in [0.2, 0.25) is 0 Å². The van der Waals surface area contributed by atoms with Crippen LogP contribution in [0.15, 0.2) is 24.4 Å². The molecule has 3 rings (SSSR count). The minimum Gasteiger partial charge on any atom is -0.493 e. The molecule has 3 aromatic rings. The van der Waals surface area contributed by atoms with Crippen LogP contribution in [0.1, 0.15) is 44.4 Å². The Morgan fingerprint density at radius 2 is 2.06 bits per heavy atom. The summed E-state index contributed by atoms with van der Waals surface area (Å²) in [5, 5.41) is 16.9. The van der Waals surface area contributed by atoms with Crippen LogP contribution in [-0.2, 0) is 6.42 Å². The van der Waals surface area contributed by atoms with Gasteiger partial charge in [0.15, 0.2) is 11.5 Å². The number of nitrogens with zero attached hydrogens (tertiary/aromatic N) is 4. The van der Waals surface area contributed by atoms with Crippen molar-refractivity contribution in [1.82, 2.24) is 24.9 Å². The number of imidazole rings is 1. The number of aromatic nitrogens is 4. The van der Waals surface area contributed by atoms with Gasteiger partial charge in [-0.3, -0.25) is 0 Å². The van der Waals surface area contributed by atoms with Crippen LogP contribution in [0.5, 0.6) is 17.5 Å². The van der Waals surface area contributed by atoms with E-state index in [4.69, 9.17) is 19.9 Å². The SMILES string of the molecule is CCC[C@H](CCO)Oc1nc(N)c2ncc(Cc3ccc(OCCNC)cc3OCC)n2n1. The van der Waals surface area contributed by atoms with Crippen LogP contribution in [0.3, 0.4) is 0 Å². The average molecular weight is 459 g/mol. The number of hydrogen-bond acceptors (Lipinski definition) is 9. The van der Waals surface area contributed by atoms with E-state index in [-0.39, 0.29) is 24.5 Å². The fourth-order valence-corrected chi connectivity index (χ4v) is 3.50. The van der Waals surface area contributed by atoms with Gasteiger partial charge in [0.05, 0.1) is 18.5 Å². The molecule has 0 fully saturated rings. The summed E-state index contributed by atoms with van der Waals surface area (Å²) in [4.78, 5) is 8.65. The monoisotopic (exact) mass is 458 g/mol. The summed E-state index contributed by atoms with van der Waals surface area (Å²) in [7, 11) is 1.89. The molecule has 0 aliphatic rings. The van der Waals surface area contributed by atoms with Gasteiger partial charge in [-0.05, 0) is 26.5 Å². The third kappa shape index (κ3) is 6.45. The van der Waals surface area contributed by atoms with Crippen LogP contribution in [0.4, 0.5) is 5.82 Å². The van der Waals surface area contributed by atoms with E-state index in [0.717, 1.165) is 42.1 Å². The van der Waals surface area contributed by atoms with Crippen molar-refractivity contribution in [3.05, 3.63) is 35.7 Å². The number of nitrogens with two attached hydrogens (primary N) is 1. The van der Waals surface area contributed by atoms with Gasteiger partial charge in [-0.1, -0.05) is 19.4 Å². The molecule has 0 unspecified atom stereocenters. The molecule has 33 heavy (non-hydrogen) atoms. The van der Waals surface area contributed by atoms with E-state index in [0.29, 0.717) is 31.7 Å². The zero-order chi connectivity index (χ0) is 23.6. The van der Waals surface area contributed by atoms with Gasteiger partial charge in [-0.25, -0.2) is 9.50 Å². The molecule has 1 aromatic carbocycles. The molecular formula is C23H34N6O4. The minimum atomic E-state index is -0.177. The Hall–Kier alpha value is -3.11. The Balaban J connectivity index is 1.87. The second kappa shape index (κ2) is 12.2. The van der Waals surface area contributed by atoms with Crippen LogP contribution < -0.4 is 25.3 Å². The first-order valence-corrected chi connectivity index (χ1v) is 11.4. The van der Waals surface area contributed by atoms with Gasteiger partial charge in [0.1, 0.15) is 24.2 Å². The Morgan fingerprint density at radius 1 is 1.21 bits per heavy atom. The molecule has 0 spiro atoms. The second-order valence-electron chi connectivity index (χ2n) is 7.64. The molecule has 2 aromatic heterocycles. The maximum absolute atomic E-state index is 9.31. The third-order valence-corrected chi connectivity index (χ3v) is 5.10. The number of likely N-dealkylation sites (N-methyl/N-ethyl adjacent to an activating group) is 1. The van der Waals surface area contributed by atoms with E-state index in [2.05, 4.69) is 27.3 Å². The summed E-state index contributed by atoms with van der Waals surface area (Å²) in [6.45, 7) is 5.92. The summed E-state index contributed by atoms with van der Waals surface area (Å²) in [5.41, 5.74) is 8.40. The van der Waals surface area contributed by atoms with Crippen LogP contribution in [0, 0.1) is 0 Å². The maximum atomic E-state index is 9.31. The molecule has 10 nitrogen and oxygen atoms in total. The predicted molar refractivity (Wildman–Crippen MR) is 126 cm³/mol. The Bertz CT molecular complexity index is 1020. The van der Waals surface area contributed by atoms with Crippen molar-refractivity contribution >= 4 is 11.5 Å². The first kappa shape index (κ1) is 24.5. The minimum absolute atomic E-state index is 0.0353. The summed E-state index contributed by atoms with van der Waals surface area (Å²) < 4.78 is 19.2. The number of anilines is 1. The Labute approximate surface area is 194 Å². The largest absolute Gasteiger partial charge is 0.493 e. The van der Waals surface area contributed by atoms with Crippen LogP contribution >= 0.6 is 0 Å². The van der Waals surface area contributed by atoms with E-state index in [9.17, 15) is 5.11 Å². The number of nitrogen functional groups attached to an aromatic ring is 1. The molecule has 180 valence electrons. The van der Waals surface area contributed by atoms with Gasteiger partial charge in [-0.15, -0.1) is 5.10 Å². The highest BCUT2D eigenvalue weighted by atomic mass is 16.5. The van der Waals surface area contributed by atoms with Gasteiger partial charge < -0.3 is 30.4 Å². The van der Waals surface area contributed by atoms with Crippen molar-refractivity contribution < 1.29 is 19.3 Å². The topological polar surface area (TPSA) is 129 Å². The van der Waals surface area contributed by atoms with Gasteiger partial charge in [0, 0.05) is 37.6 Å². The van der Waals surface area contributed by atoms with Gasteiger partial charge >= 0.3 is 6.01 Å². The first-order chi connectivity index (χ1) is 16.1. The highest BCUT2D eigenvalue weighted by Crippen LogP contribution is 2.28. The molecule has 4 N–H and O–H groups in total. The van der Waals surface area contributed by atoms with E-state index >= 15 is 0 Å². The highest BCUT2D eigenvalue weighted by molar-refractivity contribution is 5.60. The van der Waals surface area contributed by atoms with Crippen molar-refractivity contribution in [2.75, 3.05) is 39.1 Å². The predicted octanol–water partition coefficient (Wildman–Crippen LogP) is 2.22. The van der Waals surface area contributed by atoms with E-state index in [1.165, 1.54) is 0 Å². The van der Waals surface area contributed by atoms with E-state index in [1.807, 2.05) is 32.2 Å². The molecule has 0 aliphatic carbocycles. The van der Waals surface area contributed by atoms with E-state index < -0.39 is 0 Å². The summed E-state index contributed by atoms with van der Waals surface area (Å²) in [6, 6.07) is 5.99. The molecular weight excluding hydrogens is 424 g/mol. The van der Waals surface area contributed by atoms with Crippen molar-refractivity contribution in [3.8, 4) is 17.5 Å². The molecule has 0 saturated heterocycles. The van der Waals surface area contributed by atoms with Crippen molar-refractivity contribution in [2.24, 2.45) is 0 Å². The van der Waals surface area contributed by atoms with Crippen molar-refractivity contribution in [2.45, 2.75) is 45.6 Å². The third-order valence-electron chi connectivity index (χ3n) is 5.10. The number of hydrogen-bond donors (Lipinski definition) is 3. The lowest BCUT2D eigenvalue weighted by atomic mass is 10.1. The second-order valence-corrected chi connectivity index (χ2v) is 7.64. The fraction of sp³-hybridized carbons (Fsp3) is 0.522. The van der Waals surface area contributed by atoms with Gasteiger partial charge in [0.25, 0.3) is 0 Å². The average Bonchev–Trinajstić information content (AvgIpc) is 3.19. The molecule has 0 amide bonds. The number of rotatable bonds is 14. The normalized spacial score (nSPS) is 12.1. The number of fused-ring (bicyclic) bond motifs is 1. The summed E-state index contributed by atoms with van der Waals surface area (Å²) in [6.07, 6.45) is 4.30. The number of aliphatic hydroxyl groups is 1. The summed E-state index contributed by atoms with van der Waals surface area (Å²) >= 11 is 0. The zero-order valence-corrected chi connectivity index (χ0v) is 19.6.